The number of nitrogens with one attached hydrogen (secondary N) is 2. The average molecular weight is 400 g/mol. The van der Waals surface area contributed by atoms with Crippen molar-refractivity contribution in [2.75, 3.05) is 6.26 Å². The molecular formula is C18H29N3O5S. The van der Waals surface area contributed by atoms with Gasteiger partial charge in [-0.15, -0.1) is 0 Å². The second-order valence-electron chi connectivity index (χ2n) is 6.73. The van der Waals surface area contributed by atoms with E-state index in [1.165, 1.54) is 0 Å². The molecule has 2 atom stereocenters. The first-order chi connectivity index (χ1) is 12.6. The van der Waals surface area contributed by atoms with E-state index in [-0.39, 0.29) is 12.0 Å². The van der Waals surface area contributed by atoms with Gasteiger partial charge in [0.25, 0.3) is 11.8 Å². The first-order valence-corrected chi connectivity index (χ1v) is 10.7. The van der Waals surface area contributed by atoms with Gasteiger partial charge in [-0.05, 0) is 30.9 Å². The molecule has 0 spiro atoms. The minimum atomic E-state index is -3.96. The molecule has 5 N–H and O–H groups in total. The molecule has 0 aromatic heterocycles. The van der Waals surface area contributed by atoms with Crippen LogP contribution in [0.15, 0.2) is 18.2 Å². The number of sulfone groups is 1. The normalized spacial score (nSPS) is 14.9. The van der Waals surface area contributed by atoms with E-state index in [9.17, 15) is 18.0 Å². The Balaban J connectivity index is 3.94. The van der Waals surface area contributed by atoms with Gasteiger partial charge in [0.2, 0.25) is 0 Å². The fraction of sp³-hybridized carbons (Fsp3) is 0.556. The molecule has 1 aromatic rings. The molecule has 0 aliphatic rings. The van der Waals surface area contributed by atoms with Crippen LogP contribution in [-0.2, 0) is 24.2 Å². The maximum atomic E-state index is 12.8. The number of nitrogens with two attached hydrogens (primary N) is 1. The third-order valence-corrected chi connectivity index (χ3v) is 6.63. The number of carbonyl (C=O) groups excluding carboxylic acids is 2. The molecule has 9 heteroatoms. The van der Waals surface area contributed by atoms with Crippen molar-refractivity contribution in [3.63, 3.8) is 0 Å². The topological polar surface area (TPSA) is 139 Å². The number of hydroxylamine groups is 1. The minimum Gasteiger partial charge on any atom is -0.293 e. The predicted octanol–water partition coefficient (Wildman–Crippen LogP) is 1.41. The Hall–Kier alpha value is -1.97. The zero-order valence-corrected chi connectivity index (χ0v) is 17.0. The lowest BCUT2D eigenvalue weighted by atomic mass is 9.81. The van der Waals surface area contributed by atoms with E-state index < -0.39 is 32.3 Å². The van der Waals surface area contributed by atoms with Gasteiger partial charge in [0.05, 0.1) is 5.92 Å². The molecule has 0 heterocycles. The molecule has 0 fully saturated rings. The van der Waals surface area contributed by atoms with Crippen LogP contribution in [0.2, 0.25) is 0 Å². The van der Waals surface area contributed by atoms with Gasteiger partial charge in [0.1, 0.15) is 0 Å². The summed E-state index contributed by atoms with van der Waals surface area (Å²) >= 11 is 0. The van der Waals surface area contributed by atoms with Crippen LogP contribution < -0.4 is 16.7 Å². The number of rotatable bonds is 9. The number of carbonyl (C=O) groups is 2. The van der Waals surface area contributed by atoms with Crippen LogP contribution in [-0.4, -0.2) is 31.7 Å². The van der Waals surface area contributed by atoms with E-state index in [2.05, 4.69) is 0 Å². The molecule has 152 valence electrons. The molecule has 0 saturated heterocycles. The zero-order chi connectivity index (χ0) is 20.8. The summed E-state index contributed by atoms with van der Waals surface area (Å²) in [5.74, 6) is 3.03. The molecule has 27 heavy (non-hydrogen) atoms. The van der Waals surface area contributed by atoms with E-state index in [4.69, 9.17) is 11.0 Å². The summed E-state index contributed by atoms with van der Waals surface area (Å²) in [5.41, 5.74) is 5.03. The van der Waals surface area contributed by atoms with E-state index in [1.54, 1.807) is 37.5 Å². The van der Waals surface area contributed by atoms with Gasteiger partial charge in [0, 0.05) is 6.26 Å². The molecule has 1 aromatic carbocycles. The summed E-state index contributed by atoms with van der Waals surface area (Å²) in [6.45, 7) is 5.44. The third-order valence-electron chi connectivity index (χ3n) is 4.75. The summed E-state index contributed by atoms with van der Waals surface area (Å²) in [5, 5.41) is 9.16. The Morgan fingerprint density at radius 1 is 1.26 bits per heavy atom. The van der Waals surface area contributed by atoms with Gasteiger partial charge >= 0.3 is 0 Å². The van der Waals surface area contributed by atoms with Crippen LogP contribution in [0, 0.1) is 6.92 Å². The van der Waals surface area contributed by atoms with Gasteiger partial charge in [-0.2, -0.15) is 0 Å². The summed E-state index contributed by atoms with van der Waals surface area (Å²) < 4.78 is 23.7. The highest BCUT2D eigenvalue weighted by molar-refractivity contribution is 7.92. The highest BCUT2D eigenvalue weighted by atomic mass is 32.2. The van der Waals surface area contributed by atoms with Gasteiger partial charge in [-0.25, -0.2) is 19.7 Å². The highest BCUT2D eigenvalue weighted by Gasteiger charge is 2.50. The largest absolute Gasteiger partial charge is 0.293 e. The lowest BCUT2D eigenvalue weighted by molar-refractivity contribution is -0.131. The molecule has 0 aliphatic heterocycles. The Bertz CT molecular complexity index is 794. The Labute approximate surface area is 160 Å². The fourth-order valence-corrected chi connectivity index (χ4v) is 5.08. The Morgan fingerprint density at radius 2 is 1.89 bits per heavy atom. The van der Waals surface area contributed by atoms with Crippen molar-refractivity contribution in [2.24, 2.45) is 5.84 Å². The van der Waals surface area contributed by atoms with E-state index in [0.717, 1.165) is 11.8 Å². The van der Waals surface area contributed by atoms with Crippen molar-refractivity contribution in [3.05, 3.63) is 34.9 Å². The standard InChI is InChI=1S/C18H29N3O5S/c1-5-7-13(16(22)21-24)14-11-12(3)8-9-15(14)18(10-6-2,17(23)20-19)27(4,25)26/h8-9,11,13,24H,5-7,10,19H2,1-4H3,(H,20,23)(H,21,22)/t13-,18+/m0/s1. The number of hydrazine groups is 1. The third kappa shape index (κ3) is 4.48. The van der Waals surface area contributed by atoms with Crippen molar-refractivity contribution < 1.29 is 23.2 Å². The van der Waals surface area contributed by atoms with E-state index >= 15 is 0 Å². The second-order valence-corrected chi connectivity index (χ2v) is 8.97. The molecule has 1 rings (SSSR count). The summed E-state index contributed by atoms with van der Waals surface area (Å²) in [6.07, 6.45) is 2.39. The molecule has 0 bridgehead atoms. The Morgan fingerprint density at radius 3 is 2.33 bits per heavy atom. The number of hydrogen-bond donors (Lipinski definition) is 4. The lowest BCUT2D eigenvalue weighted by Crippen LogP contribution is -2.52. The quantitative estimate of drug-likeness (QED) is 0.214. The fourth-order valence-electron chi connectivity index (χ4n) is 3.53. The SMILES string of the molecule is CCC[C@H](C(=O)NO)c1cc(C)ccc1[C@](CCC)(C(=O)NN)S(C)(=O)=O. The summed E-state index contributed by atoms with van der Waals surface area (Å²) in [6, 6.07) is 4.94. The van der Waals surface area contributed by atoms with Gasteiger partial charge in [-0.1, -0.05) is 50.5 Å². The van der Waals surface area contributed by atoms with Gasteiger partial charge in [0.15, 0.2) is 14.6 Å². The summed E-state index contributed by atoms with van der Waals surface area (Å²) in [4.78, 5) is 25.1. The van der Waals surface area contributed by atoms with Crippen LogP contribution in [0.4, 0.5) is 0 Å². The summed E-state index contributed by atoms with van der Waals surface area (Å²) in [7, 11) is -3.96. The molecule has 8 nitrogen and oxygen atoms in total. The van der Waals surface area contributed by atoms with E-state index in [1.807, 2.05) is 12.3 Å². The first kappa shape index (κ1) is 23.1. The molecule has 0 unspecified atom stereocenters. The van der Waals surface area contributed by atoms with Gasteiger partial charge < -0.3 is 0 Å². The molecule has 0 radical (unpaired) electrons. The smallest absolute Gasteiger partial charge is 0.259 e. The molecule has 0 saturated carbocycles. The molecule has 2 amide bonds. The van der Waals surface area contributed by atoms with Gasteiger partial charge in [-0.3, -0.25) is 20.2 Å². The maximum absolute atomic E-state index is 12.8. The molecule has 0 aliphatic carbocycles. The van der Waals surface area contributed by atoms with Crippen LogP contribution in [0.25, 0.3) is 0 Å². The van der Waals surface area contributed by atoms with Crippen LogP contribution in [0.5, 0.6) is 0 Å². The van der Waals surface area contributed by atoms with Crippen molar-refractivity contribution in [1.82, 2.24) is 10.9 Å². The average Bonchev–Trinajstić information content (AvgIpc) is 2.62. The number of hydrogen-bond acceptors (Lipinski definition) is 6. The minimum absolute atomic E-state index is 0.00448. The second kappa shape index (κ2) is 9.29. The number of amides is 2. The Kier molecular flexibility index (Phi) is 7.94. The van der Waals surface area contributed by atoms with Crippen molar-refractivity contribution in [3.8, 4) is 0 Å². The predicted molar refractivity (Wildman–Crippen MR) is 103 cm³/mol. The zero-order valence-electron chi connectivity index (χ0n) is 16.2. The maximum Gasteiger partial charge on any atom is 0.259 e. The number of benzene rings is 1. The van der Waals surface area contributed by atoms with Crippen LogP contribution in [0.1, 0.15) is 62.1 Å². The lowest BCUT2D eigenvalue weighted by Gasteiger charge is -2.33. The number of aryl methyl sites for hydroxylation is 1. The molecular weight excluding hydrogens is 370 g/mol. The van der Waals surface area contributed by atoms with E-state index in [0.29, 0.717) is 24.8 Å². The monoisotopic (exact) mass is 399 g/mol. The van der Waals surface area contributed by atoms with Crippen molar-refractivity contribution in [2.45, 2.75) is 57.1 Å². The highest BCUT2D eigenvalue weighted by Crippen LogP contribution is 2.41. The van der Waals surface area contributed by atoms with Crippen molar-refractivity contribution >= 4 is 21.7 Å². The van der Waals surface area contributed by atoms with Crippen molar-refractivity contribution in [1.29, 1.82) is 0 Å². The van der Waals surface area contributed by atoms with Crippen LogP contribution in [0.3, 0.4) is 0 Å². The first-order valence-electron chi connectivity index (χ1n) is 8.86. The van der Waals surface area contributed by atoms with Crippen LogP contribution >= 0.6 is 0 Å².